The molecule has 0 spiro atoms. The number of carbonyl (C=O) groups excluding carboxylic acids is 1. The second-order valence-electron chi connectivity index (χ2n) is 4.41. The van der Waals surface area contributed by atoms with Crippen LogP contribution in [-0.4, -0.2) is 28.3 Å². The molecule has 1 aliphatic heterocycles. The first kappa shape index (κ1) is 12.3. The van der Waals surface area contributed by atoms with Crippen LogP contribution in [-0.2, 0) is 4.79 Å². The van der Waals surface area contributed by atoms with Gasteiger partial charge in [0.15, 0.2) is 0 Å². The van der Waals surface area contributed by atoms with Gasteiger partial charge in [-0.25, -0.2) is 4.99 Å². The summed E-state index contributed by atoms with van der Waals surface area (Å²) in [6, 6.07) is 9.31. The van der Waals surface area contributed by atoms with Crippen LogP contribution in [0.3, 0.4) is 0 Å². The van der Waals surface area contributed by atoms with E-state index in [1.807, 2.05) is 30.3 Å². The molecule has 5 heteroatoms. The second kappa shape index (κ2) is 4.60. The predicted molar refractivity (Wildman–Crippen MR) is 65.3 cm³/mol. The smallest absolute Gasteiger partial charge is 0.263 e. The van der Waals surface area contributed by atoms with Gasteiger partial charge in [-0.1, -0.05) is 30.3 Å². The van der Waals surface area contributed by atoms with E-state index in [9.17, 15) is 15.1 Å². The van der Waals surface area contributed by atoms with Crippen molar-refractivity contribution >= 4 is 17.9 Å². The Morgan fingerprint density at radius 1 is 1.39 bits per heavy atom. The van der Waals surface area contributed by atoms with Crippen LogP contribution in [0.15, 0.2) is 35.3 Å². The highest BCUT2D eigenvalue weighted by Crippen LogP contribution is 2.23. The Morgan fingerprint density at radius 2 is 2.06 bits per heavy atom. The van der Waals surface area contributed by atoms with Gasteiger partial charge in [-0.2, -0.15) is 4.74 Å². The van der Waals surface area contributed by atoms with Gasteiger partial charge in [-0.3, -0.25) is 0 Å². The van der Waals surface area contributed by atoms with Crippen LogP contribution in [0, 0.1) is 5.21 Å². The number of hydrogen-bond acceptors (Lipinski definition) is 4. The average molecular weight is 245 g/mol. The number of rotatable bonds is 4. The number of hydrogen-bond donors (Lipinski definition) is 0. The molecule has 94 valence electrons. The summed E-state index contributed by atoms with van der Waals surface area (Å²) in [4.78, 5) is 14.8. The number of carbonyl (C=O) groups is 1. The Morgan fingerprint density at radius 3 is 2.67 bits per heavy atom. The minimum absolute atomic E-state index is 0.131. The van der Waals surface area contributed by atoms with Crippen molar-refractivity contribution in [1.82, 2.24) is 0 Å². The van der Waals surface area contributed by atoms with Gasteiger partial charge < -0.3 is 15.1 Å². The molecule has 1 aliphatic rings. The van der Waals surface area contributed by atoms with E-state index >= 15 is 0 Å². The van der Waals surface area contributed by atoms with Gasteiger partial charge in [0.2, 0.25) is 6.21 Å². The molecular weight excluding hydrogens is 232 g/mol. The van der Waals surface area contributed by atoms with Gasteiger partial charge in [-0.05, 0) is 6.42 Å². The van der Waals surface area contributed by atoms with Crippen molar-refractivity contribution in [3.63, 3.8) is 0 Å². The van der Waals surface area contributed by atoms with Crippen molar-refractivity contribution in [3.8, 4) is 0 Å². The molecule has 18 heavy (non-hydrogen) atoms. The van der Waals surface area contributed by atoms with Crippen LogP contribution in [0.5, 0.6) is 0 Å². The lowest BCUT2D eigenvalue weighted by Gasteiger charge is -2.20. The Hall–Kier alpha value is -2.17. The van der Waals surface area contributed by atoms with Gasteiger partial charge in [0.1, 0.15) is 5.71 Å². The molecule has 0 amide bonds. The molecule has 0 bridgehead atoms. The number of benzene rings is 1. The molecule has 1 aromatic rings. The molecule has 0 fully saturated rings. The maximum atomic E-state index is 11.8. The summed E-state index contributed by atoms with van der Waals surface area (Å²) >= 11 is 0. The first-order chi connectivity index (χ1) is 8.51. The summed E-state index contributed by atoms with van der Waals surface area (Å²) in [6.07, 6.45) is 1.34. The molecule has 0 aliphatic carbocycles. The molecule has 1 atom stereocenters. The fourth-order valence-corrected chi connectivity index (χ4v) is 1.84. The number of aliphatic carboxylic acids is 1. The van der Waals surface area contributed by atoms with Gasteiger partial charge >= 0.3 is 0 Å². The average Bonchev–Trinajstić information content (AvgIpc) is 2.65. The Bertz CT molecular complexity index is 522. The monoisotopic (exact) mass is 245 g/mol. The molecular formula is C13H13N2O3-. The largest absolute Gasteiger partial charge is 0.622 e. The molecule has 0 saturated carbocycles. The lowest BCUT2D eigenvalue weighted by molar-refractivity contribution is -0.535. The molecule has 1 aromatic carbocycles. The van der Waals surface area contributed by atoms with Crippen LogP contribution in [0.25, 0.3) is 0 Å². The standard InChI is InChI=1S/C13H14N2O3/c1-13(8-7-12(16)17)14-11(9-15(13)18)10-5-3-2-4-6-10/h2-6,9H,7-8H2,1H3,(H,16,17)/p-1/t13-/m1/s1. The number of carboxylic acids is 1. The minimum Gasteiger partial charge on any atom is -0.622 e. The van der Waals surface area contributed by atoms with Crippen molar-refractivity contribution in [3.05, 3.63) is 41.1 Å². The molecule has 5 nitrogen and oxygen atoms in total. The van der Waals surface area contributed by atoms with Gasteiger partial charge in [0, 0.05) is 24.9 Å². The quantitative estimate of drug-likeness (QED) is 0.566. The predicted octanol–water partition coefficient (Wildman–Crippen LogP) is 0.317. The van der Waals surface area contributed by atoms with Crippen molar-refractivity contribution in [1.29, 1.82) is 0 Å². The summed E-state index contributed by atoms with van der Waals surface area (Å²) in [5.41, 5.74) is 0.368. The zero-order chi connectivity index (χ0) is 13.2. The third kappa shape index (κ3) is 2.40. The zero-order valence-corrected chi connectivity index (χ0v) is 10.00. The van der Waals surface area contributed by atoms with Crippen LogP contribution < -0.4 is 5.11 Å². The van der Waals surface area contributed by atoms with E-state index in [-0.39, 0.29) is 12.8 Å². The van der Waals surface area contributed by atoms with E-state index in [0.717, 1.165) is 5.56 Å². The molecule has 0 N–H and O–H groups in total. The number of hydroxylamine groups is 1. The minimum atomic E-state index is -1.17. The topological polar surface area (TPSA) is 78.6 Å². The van der Waals surface area contributed by atoms with Crippen molar-refractivity contribution in [2.75, 3.05) is 0 Å². The lowest BCUT2D eigenvalue weighted by Crippen LogP contribution is -2.34. The third-order valence-corrected chi connectivity index (χ3v) is 2.95. The van der Waals surface area contributed by atoms with Gasteiger partial charge in [0.25, 0.3) is 5.66 Å². The molecule has 0 aromatic heterocycles. The number of nitrogens with zero attached hydrogens (tertiary/aromatic N) is 2. The highest BCUT2D eigenvalue weighted by molar-refractivity contribution is 6.37. The molecule has 1 heterocycles. The maximum Gasteiger partial charge on any atom is 0.263 e. The fourth-order valence-electron chi connectivity index (χ4n) is 1.84. The Labute approximate surface area is 105 Å². The summed E-state index contributed by atoms with van der Waals surface area (Å²) in [6.45, 7) is 1.62. The summed E-state index contributed by atoms with van der Waals surface area (Å²) in [5, 5.41) is 22.3. The molecule has 0 radical (unpaired) electrons. The van der Waals surface area contributed by atoms with E-state index in [1.54, 1.807) is 6.92 Å². The molecule has 0 saturated heterocycles. The van der Waals surface area contributed by atoms with Crippen molar-refractivity contribution in [2.24, 2.45) is 4.99 Å². The SMILES string of the molecule is C[C@@]1(CCC(=O)[O-])N=C(c2ccccc2)C=[N+]1[O-]. The second-order valence-corrected chi connectivity index (χ2v) is 4.41. The summed E-state index contributed by atoms with van der Waals surface area (Å²) in [5.74, 6) is -1.17. The third-order valence-electron chi connectivity index (χ3n) is 2.95. The first-order valence-electron chi connectivity index (χ1n) is 5.68. The van der Waals surface area contributed by atoms with Crippen LogP contribution in [0.1, 0.15) is 25.3 Å². The van der Waals surface area contributed by atoms with Crippen LogP contribution >= 0.6 is 0 Å². The maximum absolute atomic E-state index is 11.8. The first-order valence-corrected chi connectivity index (χ1v) is 5.68. The van der Waals surface area contributed by atoms with E-state index in [1.165, 1.54) is 6.21 Å². The highest BCUT2D eigenvalue weighted by atomic mass is 16.5. The number of carboxylic acid groups (broad SMARTS) is 1. The summed E-state index contributed by atoms with van der Waals surface area (Å²) < 4.78 is 0.707. The zero-order valence-electron chi connectivity index (χ0n) is 10.00. The lowest BCUT2D eigenvalue weighted by atomic mass is 10.1. The molecule has 2 rings (SSSR count). The Balaban J connectivity index is 2.24. The number of aliphatic imine (C=N–C) groups is 1. The van der Waals surface area contributed by atoms with E-state index < -0.39 is 11.6 Å². The van der Waals surface area contributed by atoms with Gasteiger partial charge in [-0.15, -0.1) is 0 Å². The van der Waals surface area contributed by atoms with E-state index in [2.05, 4.69) is 4.99 Å². The van der Waals surface area contributed by atoms with E-state index in [0.29, 0.717) is 10.5 Å². The van der Waals surface area contributed by atoms with Crippen LogP contribution in [0.2, 0.25) is 0 Å². The van der Waals surface area contributed by atoms with Gasteiger partial charge in [0.05, 0.1) is 0 Å². The molecule has 0 unspecified atom stereocenters. The van der Waals surface area contributed by atoms with Crippen LogP contribution in [0.4, 0.5) is 0 Å². The van der Waals surface area contributed by atoms with Crippen molar-refractivity contribution in [2.45, 2.75) is 25.4 Å². The van der Waals surface area contributed by atoms with Crippen molar-refractivity contribution < 1.29 is 14.6 Å². The van der Waals surface area contributed by atoms with E-state index in [4.69, 9.17) is 0 Å². The highest BCUT2D eigenvalue weighted by Gasteiger charge is 2.37. The normalized spacial score (nSPS) is 22.5. The Kier molecular flexibility index (Phi) is 3.14. The fraction of sp³-hybridized carbons (Fsp3) is 0.308. The summed E-state index contributed by atoms with van der Waals surface area (Å²) in [7, 11) is 0.